The van der Waals surface area contributed by atoms with Gasteiger partial charge in [-0.3, -0.25) is 9.59 Å². The molecule has 0 aliphatic carbocycles. The Balaban J connectivity index is 1.22. The van der Waals surface area contributed by atoms with E-state index in [0.29, 0.717) is 49.9 Å². The van der Waals surface area contributed by atoms with Crippen LogP contribution in [0.15, 0.2) is 65.6 Å². The van der Waals surface area contributed by atoms with E-state index in [9.17, 15) is 9.59 Å². The number of hydrogen-bond donors (Lipinski definition) is 0. The zero-order chi connectivity index (χ0) is 22.8. The molecular weight excluding hydrogens is 444 g/mol. The van der Waals surface area contributed by atoms with Crippen LogP contribution in [0.3, 0.4) is 0 Å². The molecule has 1 amide bonds. The molecule has 1 atom stereocenters. The van der Waals surface area contributed by atoms with Gasteiger partial charge >= 0.3 is 0 Å². The number of halogens is 1. The minimum atomic E-state index is -0.668. The van der Waals surface area contributed by atoms with E-state index in [2.05, 4.69) is 5.10 Å². The summed E-state index contributed by atoms with van der Waals surface area (Å²) in [6.45, 7) is 2.60. The van der Waals surface area contributed by atoms with Crippen molar-refractivity contribution in [2.75, 3.05) is 37.7 Å². The van der Waals surface area contributed by atoms with Gasteiger partial charge in [-0.05, 0) is 17.7 Å². The van der Waals surface area contributed by atoms with E-state index in [1.807, 2.05) is 53.4 Å². The second-order valence-electron chi connectivity index (χ2n) is 7.97. The van der Waals surface area contributed by atoms with Gasteiger partial charge in [-0.25, -0.2) is 4.68 Å². The van der Waals surface area contributed by atoms with Gasteiger partial charge in [-0.2, -0.15) is 5.10 Å². The van der Waals surface area contributed by atoms with Gasteiger partial charge in [0.05, 0.1) is 18.4 Å². The molecule has 2 aliphatic heterocycles. The third-order valence-electron chi connectivity index (χ3n) is 5.86. The van der Waals surface area contributed by atoms with Gasteiger partial charge < -0.3 is 19.3 Å². The molecule has 0 N–H and O–H groups in total. The number of benzene rings is 2. The van der Waals surface area contributed by atoms with Crippen LogP contribution in [0.4, 0.5) is 5.69 Å². The molecule has 2 aromatic carbocycles. The first-order chi connectivity index (χ1) is 16.1. The first kappa shape index (κ1) is 21.3. The van der Waals surface area contributed by atoms with Crippen LogP contribution in [-0.2, 0) is 11.3 Å². The predicted octanol–water partition coefficient (Wildman–Crippen LogP) is 2.43. The van der Waals surface area contributed by atoms with Gasteiger partial charge in [-0.15, -0.1) is 0 Å². The molecule has 0 saturated carbocycles. The number of amides is 1. The van der Waals surface area contributed by atoms with Crippen LogP contribution in [0, 0.1) is 0 Å². The highest BCUT2D eigenvalue weighted by atomic mass is 35.5. The molecule has 3 aromatic rings. The summed E-state index contributed by atoms with van der Waals surface area (Å²) in [5.74, 6) is 1.12. The van der Waals surface area contributed by atoms with Crippen LogP contribution in [0.5, 0.6) is 11.5 Å². The molecule has 33 heavy (non-hydrogen) atoms. The molecule has 1 unspecified atom stereocenters. The summed E-state index contributed by atoms with van der Waals surface area (Å²) in [4.78, 5) is 29.5. The average molecular weight is 467 g/mol. The van der Waals surface area contributed by atoms with Gasteiger partial charge in [0.1, 0.15) is 11.6 Å². The highest BCUT2D eigenvalue weighted by molar-refractivity contribution is 6.33. The van der Waals surface area contributed by atoms with Crippen molar-refractivity contribution in [3.05, 3.63) is 81.7 Å². The minimum Gasteiger partial charge on any atom is -0.485 e. The summed E-state index contributed by atoms with van der Waals surface area (Å²) in [5.41, 5.74) is 1.23. The van der Waals surface area contributed by atoms with Gasteiger partial charge in [0.2, 0.25) is 6.10 Å². The highest BCUT2D eigenvalue weighted by Gasteiger charge is 2.33. The van der Waals surface area contributed by atoms with Crippen molar-refractivity contribution in [1.29, 1.82) is 0 Å². The number of piperazine rings is 1. The predicted molar refractivity (Wildman–Crippen MR) is 124 cm³/mol. The lowest BCUT2D eigenvalue weighted by Crippen LogP contribution is -2.54. The molecule has 1 aromatic heterocycles. The first-order valence-corrected chi connectivity index (χ1v) is 11.2. The molecule has 0 bridgehead atoms. The van der Waals surface area contributed by atoms with Crippen LogP contribution in [0.1, 0.15) is 5.56 Å². The molecule has 2 aliphatic rings. The number of carbonyl (C=O) groups excluding carboxylic acids is 1. The van der Waals surface area contributed by atoms with E-state index in [0.717, 1.165) is 5.56 Å². The Bertz CT molecular complexity index is 1210. The largest absolute Gasteiger partial charge is 0.485 e. The zero-order valence-electron chi connectivity index (χ0n) is 17.9. The maximum atomic E-state index is 13.0. The smallest absolute Gasteiger partial charge is 0.287 e. The summed E-state index contributed by atoms with van der Waals surface area (Å²) in [7, 11) is 0. The Hall–Kier alpha value is -3.52. The standard InChI is InChI=1S/C24H23ClN4O4/c25-22-18(14-26-29(24(22)31)15-17-6-2-1-3-7-17)27-10-12-28(13-11-27)23(30)21-16-32-19-8-4-5-9-20(19)33-21/h1-9,14,21H,10-13,15-16H2. The second-order valence-corrected chi connectivity index (χ2v) is 8.35. The van der Waals surface area contributed by atoms with Crippen LogP contribution in [0.2, 0.25) is 5.02 Å². The topological polar surface area (TPSA) is 76.9 Å². The Labute approximate surface area is 195 Å². The van der Waals surface area contributed by atoms with Crippen LogP contribution < -0.4 is 19.9 Å². The van der Waals surface area contributed by atoms with Crippen LogP contribution in [0.25, 0.3) is 0 Å². The summed E-state index contributed by atoms with van der Waals surface area (Å²) < 4.78 is 12.9. The molecular formula is C24H23ClN4O4. The number of rotatable bonds is 4. The van der Waals surface area contributed by atoms with E-state index < -0.39 is 6.10 Å². The van der Waals surface area contributed by atoms with Crippen molar-refractivity contribution in [3.8, 4) is 11.5 Å². The maximum absolute atomic E-state index is 13.0. The summed E-state index contributed by atoms with van der Waals surface area (Å²) in [5, 5.41) is 4.46. The number of nitrogens with zero attached hydrogens (tertiary/aromatic N) is 4. The molecule has 8 nitrogen and oxygen atoms in total. The Morgan fingerprint density at radius 3 is 2.45 bits per heavy atom. The van der Waals surface area contributed by atoms with Crippen molar-refractivity contribution in [2.24, 2.45) is 0 Å². The molecule has 0 spiro atoms. The number of anilines is 1. The summed E-state index contributed by atoms with van der Waals surface area (Å²) in [6.07, 6.45) is 0.956. The number of para-hydroxylation sites is 2. The van der Waals surface area contributed by atoms with E-state index >= 15 is 0 Å². The Morgan fingerprint density at radius 2 is 1.70 bits per heavy atom. The van der Waals surface area contributed by atoms with Crippen molar-refractivity contribution >= 4 is 23.2 Å². The average Bonchev–Trinajstić information content (AvgIpc) is 2.87. The quantitative estimate of drug-likeness (QED) is 0.588. The Kier molecular flexibility index (Phi) is 5.92. The van der Waals surface area contributed by atoms with Crippen LogP contribution in [-0.4, -0.2) is 59.5 Å². The fourth-order valence-corrected chi connectivity index (χ4v) is 4.32. The number of ether oxygens (including phenoxy) is 2. The fraction of sp³-hybridized carbons (Fsp3) is 0.292. The monoisotopic (exact) mass is 466 g/mol. The molecule has 1 saturated heterocycles. The number of aromatic nitrogens is 2. The van der Waals surface area contributed by atoms with Crippen molar-refractivity contribution in [1.82, 2.24) is 14.7 Å². The van der Waals surface area contributed by atoms with Crippen molar-refractivity contribution < 1.29 is 14.3 Å². The third-order valence-corrected chi connectivity index (χ3v) is 6.21. The lowest BCUT2D eigenvalue weighted by Gasteiger charge is -2.38. The molecule has 3 heterocycles. The molecule has 0 radical (unpaired) electrons. The number of carbonyl (C=O) groups is 1. The fourth-order valence-electron chi connectivity index (χ4n) is 4.06. The van der Waals surface area contributed by atoms with Gasteiger partial charge in [-0.1, -0.05) is 54.1 Å². The second kappa shape index (κ2) is 9.15. The minimum absolute atomic E-state index is 0.105. The van der Waals surface area contributed by atoms with Gasteiger partial charge in [0, 0.05) is 26.2 Å². The molecule has 1 fully saturated rings. The van der Waals surface area contributed by atoms with Gasteiger partial charge in [0.15, 0.2) is 11.5 Å². The van der Waals surface area contributed by atoms with E-state index in [-0.39, 0.29) is 23.1 Å². The van der Waals surface area contributed by atoms with E-state index in [1.54, 1.807) is 17.2 Å². The summed E-state index contributed by atoms with van der Waals surface area (Å²) in [6, 6.07) is 17.0. The lowest BCUT2D eigenvalue weighted by atomic mass is 10.2. The zero-order valence-corrected chi connectivity index (χ0v) is 18.6. The number of hydrogen-bond acceptors (Lipinski definition) is 6. The number of fused-ring (bicyclic) bond motifs is 1. The highest BCUT2D eigenvalue weighted by Crippen LogP contribution is 2.31. The molecule has 9 heteroatoms. The normalized spacial score (nSPS) is 17.7. The SMILES string of the molecule is O=C(C1COc2ccccc2O1)N1CCN(c2cnn(Cc3ccccc3)c(=O)c2Cl)CC1. The molecule has 170 valence electrons. The van der Waals surface area contributed by atoms with E-state index in [1.165, 1.54) is 4.68 Å². The first-order valence-electron chi connectivity index (χ1n) is 10.8. The molecule has 5 rings (SSSR count). The van der Waals surface area contributed by atoms with Crippen LogP contribution >= 0.6 is 11.6 Å². The van der Waals surface area contributed by atoms with Gasteiger partial charge in [0.25, 0.3) is 11.5 Å². The van der Waals surface area contributed by atoms with Crippen molar-refractivity contribution in [2.45, 2.75) is 12.6 Å². The van der Waals surface area contributed by atoms with Crippen molar-refractivity contribution in [3.63, 3.8) is 0 Å². The summed E-state index contributed by atoms with van der Waals surface area (Å²) >= 11 is 6.43. The third kappa shape index (κ3) is 4.39. The Morgan fingerprint density at radius 1 is 1.00 bits per heavy atom. The lowest BCUT2D eigenvalue weighted by molar-refractivity contribution is -0.141. The van der Waals surface area contributed by atoms with E-state index in [4.69, 9.17) is 21.1 Å². The maximum Gasteiger partial charge on any atom is 0.287 e.